The molecule has 6 nitrogen and oxygen atoms in total. The minimum Gasteiger partial charge on any atom is -0.324 e. The van der Waals surface area contributed by atoms with Gasteiger partial charge in [-0.1, -0.05) is 48.0 Å². The van der Waals surface area contributed by atoms with E-state index in [9.17, 15) is 0 Å². The summed E-state index contributed by atoms with van der Waals surface area (Å²) >= 11 is 6.41. The van der Waals surface area contributed by atoms with Crippen molar-refractivity contribution < 1.29 is 0 Å². The van der Waals surface area contributed by atoms with E-state index in [0.717, 1.165) is 36.3 Å². The zero-order valence-corrected chi connectivity index (χ0v) is 21.3. The lowest BCUT2D eigenvalue weighted by atomic mass is 9.94. The fraction of sp³-hybridized carbons (Fsp3) is 0.407. The fourth-order valence-electron chi connectivity index (χ4n) is 4.30. The first-order chi connectivity index (χ1) is 16.2. The van der Waals surface area contributed by atoms with Gasteiger partial charge in [-0.05, 0) is 70.6 Å². The number of halogens is 1. The maximum Gasteiger partial charge on any atom is 0.227 e. The number of hydrogen-bond acceptors (Lipinski definition) is 6. The summed E-state index contributed by atoms with van der Waals surface area (Å²) in [7, 11) is 4.34. The average Bonchev–Trinajstić information content (AvgIpc) is 3.29. The monoisotopic (exact) mass is 478 g/mol. The molecule has 4 rings (SSSR count). The van der Waals surface area contributed by atoms with Crippen LogP contribution in [0.3, 0.4) is 0 Å². The summed E-state index contributed by atoms with van der Waals surface area (Å²) in [5, 5.41) is 3.82. The fourth-order valence-corrected chi connectivity index (χ4v) is 4.50. The van der Waals surface area contributed by atoms with Crippen LogP contribution in [0.15, 0.2) is 54.7 Å². The molecule has 2 aromatic carbocycles. The van der Waals surface area contributed by atoms with E-state index in [1.807, 2.05) is 38.1 Å². The summed E-state index contributed by atoms with van der Waals surface area (Å²) in [5.41, 5.74) is 10.8. The summed E-state index contributed by atoms with van der Waals surface area (Å²) in [4.78, 5) is 13.9. The molecule has 0 aliphatic carbocycles. The van der Waals surface area contributed by atoms with E-state index in [1.165, 1.54) is 18.5 Å². The predicted molar refractivity (Wildman–Crippen MR) is 142 cm³/mol. The van der Waals surface area contributed by atoms with Crippen molar-refractivity contribution in [3.05, 3.63) is 70.9 Å². The van der Waals surface area contributed by atoms with Crippen LogP contribution in [-0.2, 0) is 12.0 Å². The standard InChI is InChI=1S/C27H35ClN6/c1-27(2,29)21-9-7-20(8-10-21)25-24(28)17-30-26(32-25)31-22-11-5-19(6-12-22)13-15-34-16-14-23(18-34)33(3)4/h5-12,17,23H,13-16,18,29H2,1-4H3,(H,30,31,32)/t23-/m1/s1. The molecule has 0 bridgehead atoms. The molecule has 0 radical (unpaired) electrons. The van der Waals surface area contributed by atoms with Crippen LogP contribution >= 0.6 is 11.6 Å². The number of likely N-dealkylation sites (tertiary alicyclic amines) is 1. The van der Waals surface area contributed by atoms with Gasteiger partial charge in [-0.15, -0.1) is 0 Å². The minimum absolute atomic E-state index is 0.393. The van der Waals surface area contributed by atoms with Gasteiger partial charge in [0.05, 0.1) is 16.9 Å². The highest BCUT2D eigenvalue weighted by Crippen LogP contribution is 2.29. The Hall–Kier alpha value is -2.51. The molecule has 1 saturated heterocycles. The van der Waals surface area contributed by atoms with Crippen LogP contribution in [0.25, 0.3) is 11.3 Å². The summed E-state index contributed by atoms with van der Waals surface area (Å²) in [5.74, 6) is 0.516. The molecule has 1 aliphatic heterocycles. The average molecular weight is 479 g/mol. The van der Waals surface area contributed by atoms with Crippen LogP contribution in [0.1, 0.15) is 31.4 Å². The largest absolute Gasteiger partial charge is 0.324 e. The van der Waals surface area contributed by atoms with Crippen LogP contribution in [0.4, 0.5) is 11.6 Å². The molecule has 1 aliphatic rings. The highest BCUT2D eigenvalue weighted by Gasteiger charge is 2.23. The van der Waals surface area contributed by atoms with E-state index in [0.29, 0.717) is 22.7 Å². The number of rotatable bonds is 8. The zero-order chi connectivity index (χ0) is 24.3. The Balaban J connectivity index is 1.38. The van der Waals surface area contributed by atoms with Gasteiger partial charge in [0.25, 0.3) is 0 Å². The lowest BCUT2D eigenvalue weighted by Crippen LogP contribution is -2.32. The third kappa shape index (κ3) is 6.13. The van der Waals surface area contributed by atoms with Crippen LogP contribution < -0.4 is 11.1 Å². The van der Waals surface area contributed by atoms with Crippen molar-refractivity contribution in [2.75, 3.05) is 39.0 Å². The number of nitrogens with one attached hydrogen (secondary N) is 1. The SMILES string of the molecule is CN(C)[C@@H]1CCN(CCc2ccc(Nc3ncc(Cl)c(-c4ccc(C(C)(C)N)cc4)n3)cc2)C1. The van der Waals surface area contributed by atoms with Gasteiger partial charge in [0.15, 0.2) is 0 Å². The van der Waals surface area contributed by atoms with Gasteiger partial charge in [-0.2, -0.15) is 0 Å². The van der Waals surface area contributed by atoms with Crippen molar-refractivity contribution in [1.29, 1.82) is 0 Å². The second-order valence-corrected chi connectivity index (χ2v) is 10.4. The van der Waals surface area contributed by atoms with Gasteiger partial charge < -0.3 is 20.9 Å². The van der Waals surface area contributed by atoms with Crippen LogP contribution in [0, 0.1) is 0 Å². The number of benzene rings is 2. The zero-order valence-electron chi connectivity index (χ0n) is 20.6. The number of nitrogens with two attached hydrogens (primary N) is 1. The van der Waals surface area contributed by atoms with Crippen LogP contribution in [-0.4, -0.2) is 59.5 Å². The predicted octanol–water partition coefficient (Wildman–Crippen LogP) is 4.91. The number of anilines is 2. The van der Waals surface area contributed by atoms with Crippen molar-refractivity contribution in [3.8, 4) is 11.3 Å². The van der Waals surface area contributed by atoms with E-state index in [-0.39, 0.29) is 0 Å². The quantitative estimate of drug-likeness (QED) is 0.479. The van der Waals surface area contributed by atoms with E-state index < -0.39 is 5.54 Å². The molecule has 0 saturated carbocycles. The van der Waals surface area contributed by atoms with Gasteiger partial charge in [-0.25, -0.2) is 9.97 Å². The molecule has 0 amide bonds. The number of nitrogens with zero attached hydrogens (tertiary/aromatic N) is 4. The van der Waals surface area contributed by atoms with Crippen molar-refractivity contribution in [3.63, 3.8) is 0 Å². The first-order valence-electron chi connectivity index (χ1n) is 11.9. The van der Waals surface area contributed by atoms with Gasteiger partial charge >= 0.3 is 0 Å². The Kier molecular flexibility index (Phi) is 7.53. The lowest BCUT2D eigenvalue weighted by Gasteiger charge is -2.20. The lowest BCUT2D eigenvalue weighted by molar-refractivity contribution is 0.270. The third-order valence-electron chi connectivity index (χ3n) is 6.55. The van der Waals surface area contributed by atoms with E-state index in [1.54, 1.807) is 6.20 Å². The Morgan fingerprint density at radius 3 is 2.44 bits per heavy atom. The van der Waals surface area contributed by atoms with E-state index in [2.05, 4.69) is 63.4 Å². The smallest absolute Gasteiger partial charge is 0.227 e. The summed E-state index contributed by atoms with van der Waals surface area (Å²) in [6.07, 6.45) is 3.95. The molecular weight excluding hydrogens is 444 g/mol. The Labute approximate surface area is 208 Å². The van der Waals surface area contributed by atoms with E-state index in [4.69, 9.17) is 17.3 Å². The molecule has 34 heavy (non-hydrogen) atoms. The Morgan fingerprint density at radius 1 is 1.12 bits per heavy atom. The van der Waals surface area contributed by atoms with Crippen molar-refractivity contribution in [1.82, 2.24) is 19.8 Å². The summed E-state index contributed by atoms with van der Waals surface area (Å²) in [6, 6.07) is 17.2. The van der Waals surface area contributed by atoms with Crippen LogP contribution in [0.2, 0.25) is 5.02 Å². The van der Waals surface area contributed by atoms with Crippen molar-refractivity contribution in [2.45, 2.75) is 38.3 Å². The Bertz CT molecular complexity index is 1090. The molecule has 7 heteroatoms. The molecule has 1 aromatic heterocycles. The molecule has 2 heterocycles. The van der Waals surface area contributed by atoms with Crippen LogP contribution in [0.5, 0.6) is 0 Å². The molecule has 0 unspecified atom stereocenters. The number of aromatic nitrogens is 2. The molecule has 1 fully saturated rings. The highest BCUT2D eigenvalue weighted by atomic mass is 35.5. The number of hydrogen-bond donors (Lipinski definition) is 2. The second kappa shape index (κ2) is 10.4. The minimum atomic E-state index is -0.393. The van der Waals surface area contributed by atoms with Gasteiger partial charge in [-0.3, -0.25) is 0 Å². The molecule has 3 aromatic rings. The molecule has 1 atom stereocenters. The van der Waals surface area contributed by atoms with Gasteiger partial charge in [0, 0.05) is 35.9 Å². The summed E-state index contributed by atoms with van der Waals surface area (Å²) < 4.78 is 0. The topological polar surface area (TPSA) is 70.3 Å². The Morgan fingerprint density at radius 2 is 1.82 bits per heavy atom. The number of likely N-dealkylation sites (N-methyl/N-ethyl adjacent to an activating group) is 1. The first kappa shape index (κ1) is 24.6. The molecular formula is C27H35ClN6. The van der Waals surface area contributed by atoms with E-state index >= 15 is 0 Å². The van der Waals surface area contributed by atoms with Gasteiger partial charge in [0.2, 0.25) is 5.95 Å². The maximum atomic E-state index is 6.41. The second-order valence-electron chi connectivity index (χ2n) is 9.97. The maximum absolute atomic E-state index is 6.41. The third-order valence-corrected chi connectivity index (χ3v) is 6.83. The normalized spacial score (nSPS) is 16.9. The van der Waals surface area contributed by atoms with Gasteiger partial charge in [0.1, 0.15) is 0 Å². The molecule has 0 spiro atoms. The molecule has 3 N–H and O–H groups in total. The van der Waals surface area contributed by atoms with Crippen molar-refractivity contribution in [2.24, 2.45) is 5.73 Å². The molecule has 180 valence electrons. The highest BCUT2D eigenvalue weighted by molar-refractivity contribution is 6.32. The summed E-state index contributed by atoms with van der Waals surface area (Å²) in [6.45, 7) is 7.42. The first-order valence-corrected chi connectivity index (χ1v) is 12.2. The van der Waals surface area contributed by atoms with Crippen molar-refractivity contribution >= 4 is 23.2 Å².